The van der Waals surface area contributed by atoms with E-state index in [1.807, 2.05) is 24.3 Å². The van der Waals surface area contributed by atoms with Gasteiger partial charge in [-0.05, 0) is 30.5 Å². The van der Waals surface area contributed by atoms with E-state index in [0.717, 1.165) is 55.2 Å². The molecule has 0 bridgehead atoms. The number of rotatable bonds is 7. The third-order valence-corrected chi connectivity index (χ3v) is 4.09. The highest BCUT2D eigenvalue weighted by Gasteiger charge is 2.02. The maximum absolute atomic E-state index is 4.59. The number of benzene rings is 2. The molecular formula is C20H26IN5. The van der Waals surface area contributed by atoms with Crippen LogP contribution in [0.3, 0.4) is 0 Å². The summed E-state index contributed by atoms with van der Waals surface area (Å²) >= 11 is 0. The lowest BCUT2D eigenvalue weighted by atomic mass is 10.1. The molecule has 0 spiro atoms. The molecule has 5 nitrogen and oxygen atoms in total. The molecule has 6 heteroatoms. The number of aromatic nitrogens is 2. The number of hydrogen-bond acceptors (Lipinski definition) is 2. The van der Waals surface area contributed by atoms with E-state index in [-0.39, 0.29) is 24.0 Å². The summed E-state index contributed by atoms with van der Waals surface area (Å²) in [5, 5.41) is 6.70. The van der Waals surface area contributed by atoms with Gasteiger partial charge in [0, 0.05) is 26.6 Å². The Bertz CT molecular complexity index is 780. The van der Waals surface area contributed by atoms with Crippen molar-refractivity contribution in [2.75, 3.05) is 20.1 Å². The van der Waals surface area contributed by atoms with Crippen LogP contribution in [0.25, 0.3) is 11.0 Å². The number of nitrogens with zero attached hydrogens (tertiary/aromatic N) is 2. The van der Waals surface area contributed by atoms with Crippen molar-refractivity contribution in [2.45, 2.75) is 19.3 Å². The lowest BCUT2D eigenvalue weighted by Crippen LogP contribution is -2.38. The van der Waals surface area contributed by atoms with Crippen LogP contribution in [0.4, 0.5) is 0 Å². The number of guanidine groups is 1. The number of aliphatic imine (C=N–C) groups is 1. The molecule has 0 saturated heterocycles. The maximum atomic E-state index is 4.59. The fourth-order valence-electron chi connectivity index (χ4n) is 2.79. The minimum Gasteiger partial charge on any atom is -0.356 e. The number of hydrogen-bond donors (Lipinski definition) is 3. The van der Waals surface area contributed by atoms with Gasteiger partial charge in [-0.15, -0.1) is 24.0 Å². The van der Waals surface area contributed by atoms with Crippen LogP contribution < -0.4 is 10.6 Å². The molecule has 2 aromatic carbocycles. The van der Waals surface area contributed by atoms with E-state index >= 15 is 0 Å². The molecule has 3 rings (SSSR count). The minimum absolute atomic E-state index is 0. The van der Waals surface area contributed by atoms with E-state index in [9.17, 15) is 0 Å². The van der Waals surface area contributed by atoms with Crippen LogP contribution >= 0.6 is 24.0 Å². The third kappa shape index (κ3) is 6.01. The van der Waals surface area contributed by atoms with Gasteiger partial charge in [0.25, 0.3) is 0 Å². The molecule has 0 aliphatic carbocycles. The van der Waals surface area contributed by atoms with Crippen molar-refractivity contribution in [3.63, 3.8) is 0 Å². The third-order valence-electron chi connectivity index (χ3n) is 4.09. The van der Waals surface area contributed by atoms with Crippen molar-refractivity contribution < 1.29 is 0 Å². The zero-order valence-corrected chi connectivity index (χ0v) is 17.4. The van der Waals surface area contributed by atoms with E-state index in [2.05, 4.69) is 55.9 Å². The molecule has 0 fully saturated rings. The largest absolute Gasteiger partial charge is 0.356 e. The zero-order valence-electron chi connectivity index (χ0n) is 15.0. The van der Waals surface area contributed by atoms with Gasteiger partial charge in [0.2, 0.25) is 0 Å². The Kier molecular flexibility index (Phi) is 8.40. The van der Waals surface area contributed by atoms with Crippen LogP contribution in [0.1, 0.15) is 17.8 Å². The fourth-order valence-corrected chi connectivity index (χ4v) is 2.79. The van der Waals surface area contributed by atoms with E-state index in [4.69, 9.17) is 0 Å². The fraction of sp³-hybridized carbons (Fsp3) is 0.300. The first-order valence-electron chi connectivity index (χ1n) is 8.77. The quantitative estimate of drug-likeness (QED) is 0.218. The zero-order chi connectivity index (χ0) is 17.3. The first kappa shape index (κ1) is 20.2. The molecule has 0 aliphatic rings. The molecular weight excluding hydrogens is 437 g/mol. The SMILES string of the molecule is CN=C(NCCCc1ccccc1)NCCc1nc2ccccc2[nH]1.I. The second-order valence-electron chi connectivity index (χ2n) is 5.97. The number of imidazole rings is 1. The van der Waals surface area contributed by atoms with Gasteiger partial charge < -0.3 is 15.6 Å². The molecule has 0 amide bonds. The number of aromatic amines is 1. The summed E-state index contributed by atoms with van der Waals surface area (Å²) in [7, 11) is 1.80. The predicted octanol–water partition coefficient (Wildman–Crippen LogP) is 3.52. The molecule has 138 valence electrons. The van der Waals surface area contributed by atoms with Crippen molar-refractivity contribution in [1.82, 2.24) is 20.6 Å². The Morgan fingerprint density at radius 2 is 1.69 bits per heavy atom. The van der Waals surface area contributed by atoms with Crippen LogP contribution in [-0.4, -0.2) is 36.1 Å². The van der Waals surface area contributed by atoms with Crippen molar-refractivity contribution in [3.8, 4) is 0 Å². The van der Waals surface area contributed by atoms with E-state index in [1.165, 1.54) is 5.56 Å². The smallest absolute Gasteiger partial charge is 0.190 e. The van der Waals surface area contributed by atoms with Crippen LogP contribution in [0.2, 0.25) is 0 Å². The van der Waals surface area contributed by atoms with Gasteiger partial charge in [0.1, 0.15) is 5.82 Å². The number of halogens is 1. The monoisotopic (exact) mass is 463 g/mol. The van der Waals surface area contributed by atoms with Crippen molar-refractivity contribution in [2.24, 2.45) is 4.99 Å². The Labute approximate surface area is 171 Å². The average molecular weight is 463 g/mol. The number of H-pyrrole nitrogens is 1. The Balaban J connectivity index is 0.00000243. The van der Waals surface area contributed by atoms with Gasteiger partial charge in [-0.25, -0.2) is 4.98 Å². The Morgan fingerprint density at radius 1 is 0.962 bits per heavy atom. The molecule has 1 heterocycles. The minimum atomic E-state index is 0. The van der Waals surface area contributed by atoms with Gasteiger partial charge in [-0.2, -0.15) is 0 Å². The number of para-hydroxylation sites is 2. The van der Waals surface area contributed by atoms with Crippen LogP contribution in [-0.2, 0) is 12.8 Å². The molecule has 0 radical (unpaired) electrons. The molecule has 0 saturated carbocycles. The first-order chi connectivity index (χ1) is 12.3. The molecule has 1 aromatic heterocycles. The molecule has 0 atom stereocenters. The second kappa shape index (κ2) is 10.8. The Morgan fingerprint density at radius 3 is 2.46 bits per heavy atom. The van der Waals surface area contributed by atoms with E-state index < -0.39 is 0 Å². The van der Waals surface area contributed by atoms with Gasteiger partial charge in [-0.1, -0.05) is 42.5 Å². The van der Waals surface area contributed by atoms with Crippen molar-refractivity contribution >= 4 is 41.0 Å². The molecule has 0 aliphatic heterocycles. The van der Waals surface area contributed by atoms with Crippen LogP contribution in [0.5, 0.6) is 0 Å². The lowest BCUT2D eigenvalue weighted by Gasteiger charge is -2.11. The maximum Gasteiger partial charge on any atom is 0.190 e. The molecule has 3 aromatic rings. The highest BCUT2D eigenvalue weighted by molar-refractivity contribution is 14.0. The lowest BCUT2D eigenvalue weighted by molar-refractivity contribution is 0.734. The van der Waals surface area contributed by atoms with Crippen molar-refractivity contribution in [3.05, 3.63) is 66.0 Å². The summed E-state index contributed by atoms with van der Waals surface area (Å²) < 4.78 is 0. The van der Waals surface area contributed by atoms with Crippen LogP contribution in [0.15, 0.2) is 59.6 Å². The summed E-state index contributed by atoms with van der Waals surface area (Å²) in [6.45, 7) is 1.69. The molecule has 3 N–H and O–H groups in total. The summed E-state index contributed by atoms with van der Waals surface area (Å²) in [6.07, 6.45) is 2.98. The predicted molar refractivity (Wildman–Crippen MR) is 119 cm³/mol. The average Bonchev–Trinajstić information content (AvgIpc) is 3.07. The summed E-state index contributed by atoms with van der Waals surface area (Å²) in [5.74, 6) is 1.83. The molecule has 26 heavy (non-hydrogen) atoms. The number of aryl methyl sites for hydroxylation is 1. The summed E-state index contributed by atoms with van der Waals surface area (Å²) in [4.78, 5) is 12.2. The standard InChI is InChI=1S/C20H25N5.HI/c1-21-20(22-14-7-10-16-8-3-2-4-9-16)23-15-13-19-24-17-11-5-6-12-18(17)25-19;/h2-6,8-9,11-12H,7,10,13-15H2,1H3,(H,24,25)(H2,21,22,23);1H. The number of fused-ring (bicyclic) bond motifs is 1. The van der Waals surface area contributed by atoms with Gasteiger partial charge >= 0.3 is 0 Å². The van der Waals surface area contributed by atoms with Gasteiger partial charge in [-0.3, -0.25) is 4.99 Å². The highest BCUT2D eigenvalue weighted by atomic mass is 127. The van der Waals surface area contributed by atoms with E-state index in [1.54, 1.807) is 7.05 Å². The summed E-state index contributed by atoms with van der Waals surface area (Å²) in [6, 6.07) is 18.7. The van der Waals surface area contributed by atoms with Crippen molar-refractivity contribution in [1.29, 1.82) is 0 Å². The molecule has 0 unspecified atom stereocenters. The van der Waals surface area contributed by atoms with Gasteiger partial charge in [0.15, 0.2) is 5.96 Å². The summed E-state index contributed by atoms with van der Waals surface area (Å²) in [5.41, 5.74) is 3.47. The topological polar surface area (TPSA) is 65.1 Å². The Hall–Kier alpha value is -2.09. The van der Waals surface area contributed by atoms with Gasteiger partial charge in [0.05, 0.1) is 11.0 Å². The van der Waals surface area contributed by atoms with Crippen LogP contribution in [0, 0.1) is 0 Å². The second-order valence-corrected chi connectivity index (χ2v) is 5.97. The normalized spacial score (nSPS) is 11.2. The van der Waals surface area contributed by atoms with E-state index in [0.29, 0.717) is 0 Å². The first-order valence-corrected chi connectivity index (χ1v) is 8.77. The number of nitrogens with one attached hydrogen (secondary N) is 3. The highest BCUT2D eigenvalue weighted by Crippen LogP contribution is 2.10.